The minimum absolute atomic E-state index is 0.252. The molecule has 0 N–H and O–H groups in total. The third kappa shape index (κ3) is 3.72. The zero-order valence-electron chi connectivity index (χ0n) is 11.9. The molecule has 0 spiro atoms. The Morgan fingerprint density at radius 3 is 1.88 bits per heavy atom. The first-order valence-electron chi connectivity index (χ1n) is 6.39. The first kappa shape index (κ1) is 16.0. The van der Waals surface area contributed by atoms with Crippen LogP contribution in [0.5, 0.6) is 0 Å². The molecule has 2 rings (SSSR count). The van der Waals surface area contributed by atoms with Crippen LogP contribution in [0.4, 0.5) is 0 Å². The second-order valence-corrected chi connectivity index (χ2v) is 6.44. The fourth-order valence-electron chi connectivity index (χ4n) is 2.25. The van der Waals surface area contributed by atoms with Gasteiger partial charge in [-0.15, -0.1) is 0 Å². The molecule has 0 saturated carbocycles. The predicted octanol–water partition coefficient (Wildman–Crippen LogP) is 4.37. The van der Waals surface area contributed by atoms with Crippen LogP contribution in [0, 0.1) is 50.1 Å². The van der Waals surface area contributed by atoms with Crippen molar-refractivity contribution in [3.63, 3.8) is 0 Å². The second-order valence-electron chi connectivity index (χ2n) is 5.58. The van der Waals surface area contributed by atoms with E-state index < -0.39 is 0 Å². The fraction of sp³-hybridized carbons (Fsp3) is 0.733. The summed E-state index contributed by atoms with van der Waals surface area (Å²) in [5.74, 6) is 0. The van der Waals surface area contributed by atoms with Crippen molar-refractivity contribution in [3.8, 4) is 0 Å². The van der Waals surface area contributed by atoms with Crippen molar-refractivity contribution in [3.05, 3.63) is 17.1 Å². The summed E-state index contributed by atoms with van der Waals surface area (Å²) in [4.78, 5) is 0. The van der Waals surface area contributed by atoms with Crippen LogP contribution in [0.2, 0.25) is 0 Å². The summed E-state index contributed by atoms with van der Waals surface area (Å²) in [7, 11) is 0. The molecule has 1 heterocycles. The van der Waals surface area contributed by atoms with Crippen molar-refractivity contribution >= 4 is 0 Å². The molecule has 0 aromatic rings. The fourth-order valence-corrected chi connectivity index (χ4v) is 2.89. The van der Waals surface area contributed by atoms with Crippen LogP contribution in [-0.4, -0.2) is 12.7 Å². The molecule has 1 fully saturated rings. The SMILES string of the molecule is CC1=C(C)C(C)(C)[C]([Yb])=C1C.CC1CCCO1. The van der Waals surface area contributed by atoms with Crippen LogP contribution in [0.25, 0.3) is 0 Å². The van der Waals surface area contributed by atoms with Crippen LogP contribution in [0.15, 0.2) is 17.1 Å². The minimum atomic E-state index is 0.252. The summed E-state index contributed by atoms with van der Waals surface area (Å²) in [5, 5.41) is 0. The zero-order valence-corrected chi connectivity index (χ0v) is 13.6. The maximum Gasteiger partial charge on any atom is 0.0547 e. The molecule has 0 bridgehead atoms. The van der Waals surface area contributed by atoms with Gasteiger partial charge in [0, 0.05) is 6.61 Å². The van der Waals surface area contributed by atoms with Gasteiger partial charge in [0.25, 0.3) is 0 Å². The Morgan fingerprint density at radius 2 is 1.76 bits per heavy atom. The molecule has 0 aromatic heterocycles. The third-order valence-electron chi connectivity index (χ3n) is 3.99. The van der Waals surface area contributed by atoms with Gasteiger partial charge in [0.05, 0.1) is 6.10 Å². The van der Waals surface area contributed by atoms with E-state index in [0.717, 1.165) is 6.61 Å². The average molecular weight is 394 g/mol. The van der Waals surface area contributed by atoms with Gasteiger partial charge >= 0.3 is 102 Å². The zero-order chi connectivity index (χ0) is 13.2. The molecule has 17 heavy (non-hydrogen) atoms. The second kappa shape index (κ2) is 6.41. The molecule has 2 aliphatic rings. The number of hydrogen-bond donors (Lipinski definition) is 0. The summed E-state index contributed by atoms with van der Waals surface area (Å²) < 4.78 is 6.55. The van der Waals surface area contributed by atoms with Crippen molar-refractivity contribution in [2.24, 2.45) is 5.41 Å². The predicted molar refractivity (Wildman–Crippen MR) is 69.5 cm³/mol. The van der Waals surface area contributed by atoms with Gasteiger partial charge < -0.3 is 4.74 Å². The van der Waals surface area contributed by atoms with E-state index >= 15 is 0 Å². The van der Waals surface area contributed by atoms with E-state index in [4.69, 9.17) is 4.74 Å². The molecular weight excluding hydrogens is 369 g/mol. The van der Waals surface area contributed by atoms with Gasteiger partial charge in [-0.2, -0.15) is 0 Å². The van der Waals surface area contributed by atoms with Crippen LogP contribution < -0.4 is 0 Å². The molecule has 1 saturated heterocycles. The van der Waals surface area contributed by atoms with Crippen molar-refractivity contribution in [2.75, 3.05) is 6.61 Å². The van der Waals surface area contributed by atoms with Crippen molar-refractivity contribution in [2.45, 2.75) is 60.5 Å². The number of hydrogen-bond acceptors (Lipinski definition) is 1. The number of ether oxygens (including phenoxy) is 1. The van der Waals surface area contributed by atoms with Gasteiger partial charge in [-0.05, 0) is 19.8 Å². The molecule has 1 nitrogen and oxygen atoms in total. The van der Waals surface area contributed by atoms with Crippen molar-refractivity contribution in [1.82, 2.24) is 0 Å². The summed E-state index contributed by atoms with van der Waals surface area (Å²) in [6.07, 6.45) is 3.08. The third-order valence-corrected chi connectivity index (χ3v) is 5.70. The Hall–Kier alpha value is 0.959. The maximum absolute atomic E-state index is 5.15. The number of rotatable bonds is 0. The molecular formula is C15H25OYb. The quantitative estimate of drug-likeness (QED) is 0.593. The topological polar surface area (TPSA) is 9.23 Å². The van der Waals surface area contributed by atoms with Gasteiger partial charge in [0.2, 0.25) is 0 Å². The van der Waals surface area contributed by atoms with E-state index in [9.17, 15) is 0 Å². The Bertz CT molecular complexity index is 318. The molecule has 1 aliphatic heterocycles. The van der Waals surface area contributed by atoms with E-state index in [0.29, 0.717) is 6.10 Å². The van der Waals surface area contributed by atoms with E-state index in [-0.39, 0.29) is 5.41 Å². The van der Waals surface area contributed by atoms with E-state index in [1.54, 1.807) is 0 Å². The molecule has 1 unspecified atom stereocenters. The standard InChI is InChI=1S/C10H15.C5H10O.Yb/c1-7-6-10(4,5)9(3)8(7)2;1-5-3-2-4-6-5;/h1-5H3;5H,2-4H2,1H3;. The van der Waals surface area contributed by atoms with Gasteiger partial charge in [-0.25, -0.2) is 0 Å². The Balaban J connectivity index is 0.000000202. The van der Waals surface area contributed by atoms with Crippen molar-refractivity contribution < 1.29 is 49.4 Å². The summed E-state index contributed by atoms with van der Waals surface area (Å²) >= 11 is 3.28. The van der Waals surface area contributed by atoms with Crippen LogP contribution in [0.3, 0.4) is 0 Å². The van der Waals surface area contributed by atoms with E-state index in [1.165, 1.54) is 29.9 Å². The maximum atomic E-state index is 5.15. The first-order valence-corrected chi connectivity index (χ1v) is 7.25. The molecule has 0 radical (unpaired) electrons. The van der Waals surface area contributed by atoms with Crippen LogP contribution in [0.1, 0.15) is 54.4 Å². The van der Waals surface area contributed by atoms with Crippen LogP contribution in [-0.2, 0) is 4.74 Å². The Morgan fingerprint density at radius 1 is 1.18 bits per heavy atom. The molecule has 0 amide bonds. The van der Waals surface area contributed by atoms with Gasteiger partial charge in [0.1, 0.15) is 0 Å². The Labute approximate surface area is 137 Å². The monoisotopic (exact) mass is 395 g/mol. The smallest absolute Gasteiger partial charge is 0.0547 e. The number of allylic oxidation sites excluding steroid dienone is 4. The van der Waals surface area contributed by atoms with E-state index in [2.05, 4.69) is 86.2 Å². The normalized spacial score (nSPS) is 27.4. The summed E-state index contributed by atoms with van der Waals surface area (Å²) in [6.45, 7) is 14.3. The molecule has 1 aliphatic carbocycles. The summed E-state index contributed by atoms with van der Waals surface area (Å²) in [6, 6.07) is 0. The molecule has 105 valence electrons. The van der Waals surface area contributed by atoms with Gasteiger partial charge in [-0.3, -0.25) is 0 Å². The van der Waals surface area contributed by atoms with E-state index in [1.807, 2.05) is 0 Å². The summed E-state index contributed by atoms with van der Waals surface area (Å²) in [5.41, 5.74) is 4.64. The van der Waals surface area contributed by atoms with Crippen molar-refractivity contribution in [1.29, 1.82) is 0 Å². The first-order chi connectivity index (χ1) is 7.78. The molecule has 2 heteroatoms. The average Bonchev–Trinajstić information content (AvgIpc) is 2.80. The Kier molecular flexibility index (Phi) is 6.04. The molecule has 0 aromatic carbocycles. The van der Waals surface area contributed by atoms with Gasteiger partial charge in [-0.1, -0.05) is 0 Å². The van der Waals surface area contributed by atoms with Gasteiger partial charge in [0.15, 0.2) is 0 Å². The minimum Gasteiger partial charge on any atom is -0.379 e. The van der Waals surface area contributed by atoms with Crippen LogP contribution >= 0.6 is 0 Å². The largest absolute Gasteiger partial charge is 0.379 e. The molecule has 1 atom stereocenters.